The van der Waals surface area contributed by atoms with E-state index in [1.54, 1.807) is 6.07 Å². The van der Waals surface area contributed by atoms with Crippen LogP contribution in [-0.2, 0) is 24.8 Å². The van der Waals surface area contributed by atoms with Crippen molar-refractivity contribution in [3.8, 4) is 0 Å². The maximum absolute atomic E-state index is 13.0. The molecule has 1 aliphatic rings. The number of amides is 1. The van der Waals surface area contributed by atoms with Crippen LogP contribution < -0.4 is 4.72 Å². The summed E-state index contributed by atoms with van der Waals surface area (Å²) in [4.78, 5) is 26.0. The minimum absolute atomic E-state index is 0.0357. The van der Waals surface area contributed by atoms with Crippen molar-refractivity contribution in [2.45, 2.75) is 31.2 Å². The molecule has 1 aromatic rings. The van der Waals surface area contributed by atoms with Gasteiger partial charge in [0.1, 0.15) is 6.04 Å². The molecule has 1 unspecified atom stereocenters. The molecule has 0 bridgehead atoms. The number of nitrogens with zero attached hydrogens (tertiary/aromatic N) is 2. The first-order chi connectivity index (χ1) is 14.5. The SMILES string of the molecule is CCS(=O)(=O)NC(CCSC)C(=O)N1CCN(S(=O)(=O)c2cccc(C(C)=O)c2)CC1. The summed E-state index contributed by atoms with van der Waals surface area (Å²) >= 11 is 1.52. The third kappa shape index (κ3) is 6.75. The van der Waals surface area contributed by atoms with Gasteiger partial charge < -0.3 is 4.90 Å². The summed E-state index contributed by atoms with van der Waals surface area (Å²) in [7, 11) is -7.36. The molecule has 31 heavy (non-hydrogen) atoms. The Kier molecular flexibility index (Phi) is 9.07. The van der Waals surface area contributed by atoms with Crippen LogP contribution in [0, 0.1) is 0 Å². The normalized spacial score (nSPS) is 16.8. The fraction of sp³-hybridized carbons (Fsp3) is 0.579. The zero-order valence-electron chi connectivity index (χ0n) is 17.9. The van der Waals surface area contributed by atoms with Crippen LogP contribution in [0.25, 0.3) is 0 Å². The van der Waals surface area contributed by atoms with E-state index in [2.05, 4.69) is 4.72 Å². The molecule has 2 rings (SSSR count). The lowest BCUT2D eigenvalue weighted by atomic mass is 10.2. The molecule has 174 valence electrons. The van der Waals surface area contributed by atoms with Crippen LogP contribution in [0.15, 0.2) is 29.2 Å². The van der Waals surface area contributed by atoms with Gasteiger partial charge in [0.15, 0.2) is 5.78 Å². The molecule has 0 aromatic heterocycles. The number of Topliss-reactive ketones (excluding diaryl/α,β-unsaturated/α-hetero) is 1. The zero-order chi connectivity index (χ0) is 23.2. The van der Waals surface area contributed by atoms with E-state index < -0.39 is 26.1 Å². The Bertz CT molecular complexity index is 1000. The number of hydrogen-bond acceptors (Lipinski definition) is 7. The topological polar surface area (TPSA) is 121 Å². The van der Waals surface area contributed by atoms with E-state index in [9.17, 15) is 26.4 Å². The first-order valence-corrected chi connectivity index (χ1v) is 14.4. The van der Waals surface area contributed by atoms with Gasteiger partial charge in [-0.3, -0.25) is 9.59 Å². The second kappa shape index (κ2) is 10.9. The lowest BCUT2D eigenvalue weighted by Crippen LogP contribution is -2.56. The fourth-order valence-corrected chi connectivity index (χ4v) is 5.92. The minimum Gasteiger partial charge on any atom is -0.339 e. The van der Waals surface area contributed by atoms with Gasteiger partial charge in [-0.05, 0) is 44.4 Å². The molecular weight excluding hydrogens is 462 g/mol. The maximum Gasteiger partial charge on any atom is 0.243 e. The molecule has 9 nitrogen and oxygen atoms in total. The summed E-state index contributed by atoms with van der Waals surface area (Å²) in [6, 6.07) is 5.02. The van der Waals surface area contributed by atoms with E-state index in [-0.39, 0.29) is 48.5 Å². The van der Waals surface area contributed by atoms with Crippen LogP contribution in [0.4, 0.5) is 0 Å². The number of nitrogens with one attached hydrogen (secondary N) is 1. The molecule has 1 fully saturated rings. The number of carbonyl (C=O) groups is 2. The fourth-order valence-electron chi connectivity index (χ4n) is 3.16. The van der Waals surface area contributed by atoms with Crippen LogP contribution in [0.3, 0.4) is 0 Å². The third-order valence-corrected chi connectivity index (χ3v) is 8.98. The molecule has 1 N–H and O–H groups in total. The molecule has 1 atom stereocenters. The predicted molar refractivity (Wildman–Crippen MR) is 121 cm³/mol. The van der Waals surface area contributed by atoms with Gasteiger partial charge in [0, 0.05) is 31.7 Å². The minimum atomic E-state index is -3.81. The second-order valence-electron chi connectivity index (χ2n) is 7.17. The summed E-state index contributed by atoms with van der Waals surface area (Å²) < 4.78 is 53.6. The molecule has 1 aliphatic heterocycles. The summed E-state index contributed by atoms with van der Waals surface area (Å²) in [5, 5.41) is 0. The van der Waals surface area contributed by atoms with E-state index in [1.165, 1.54) is 53.0 Å². The summed E-state index contributed by atoms with van der Waals surface area (Å²) in [6.07, 6.45) is 2.23. The Morgan fingerprint density at radius 2 is 1.77 bits per heavy atom. The Morgan fingerprint density at radius 1 is 1.13 bits per heavy atom. The van der Waals surface area contributed by atoms with Crippen LogP contribution in [0.1, 0.15) is 30.6 Å². The monoisotopic (exact) mass is 491 g/mol. The van der Waals surface area contributed by atoms with Crippen LogP contribution in [-0.4, -0.2) is 87.7 Å². The van der Waals surface area contributed by atoms with Crippen molar-refractivity contribution in [3.05, 3.63) is 29.8 Å². The van der Waals surface area contributed by atoms with Crippen molar-refractivity contribution in [3.63, 3.8) is 0 Å². The molecule has 1 heterocycles. The number of benzene rings is 1. The van der Waals surface area contributed by atoms with Crippen molar-refractivity contribution in [1.29, 1.82) is 0 Å². The number of carbonyl (C=O) groups excluding carboxylic acids is 2. The van der Waals surface area contributed by atoms with Crippen molar-refractivity contribution >= 4 is 43.5 Å². The molecule has 0 radical (unpaired) electrons. The van der Waals surface area contributed by atoms with Crippen LogP contribution >= 0.6 is 11.8 Å². The van der Waals surface area contributed by atoms with E-state index in [1.807, 2.05) is 6.26 Å². The van der Waals surface area contributed by atoms with E-state index in [4.69, 9.17) is 0 Å². The molecule has 0 saturated carbocycles. The van der Waals surface area contributed by atoms with Gasteiger partial charge in [-0.2, -0.15) is 16.1 Å². The average molecular weight is 492 g/mol. The van der Waals surface area contributed by atoms with E-state index >= 15 is 0 Å². The first kappa shape index (κ1) is 25.8. The number of hydrogen-bond donors (Lipinski definition) is 1. The number of rotatable bonds is 10. The quantitative estimate of drug-likeness (QED) is 0.480. The average Bonchev–Trinajstić information content (AvgIpc) is 2.76. The molecule has 1 amide bonds. The van der Waals surface area contributed by atoms with Crippen molar-refractivity contribution < 1.29 is 26.4 Å². The van der Waals surface area contributed by atoms with E-state index in [0.717, 1.165) is 0 Å². The zero-order valence-corrected chi connectivity index (χ0v) is 20.4. The number of sulfonamides is 2. The summed E-state index contributed by atoms with van der Waals surface area (Å²) in [5.74, 6) is -0.0785. The maximum atomic E-state index is 13.0. The highest BCUT2D eigenvalue weighted by Crippen LogP contribution is 2.20. The van der Waals surface area contributed by atoms with Crippen LogP contribution in [0.5, 0.6) is 0 Å². The van der Waals surface area contributed by atoms with Gasteiger partial charge in [0.2, 0.25) is 26.0 Å². The first-order valence-electron chi connectivity index (χ1n) is 9.90. The lowest BCUT2D eigenvalue weighted by Gasteiger charge is -2.35. The van der Waals surface area contributed by atoms with Crippen molar-refractivity contribution in [2.24, 2.45) is 0 Å². The summed E-state index contributed by atoms with van der Waals surface area (Å²) in [6.45, 7) is 3.38. The Labute approximate surface area is 188 Å². The van der Waals surface area contributed by atoms with Crippen molar-refractivity contribution in [2.75, 3.05) is 43.9 Å². The Morgan fingerprint density at radius 3 is 2.32 bits per heavy atom. The van der Waals surface area contributed by atoms with Gasteiger partial charge in [-0.1, -0.05) is 12.1 Å². The molecule has 0 spiro atoms. The van der Waals surface area contributed by atoms with Gasteiger partial charge in [0.25, 0.3) is 0 Å². The summed E-state index contributed by atoms with van der Waals surface area (Å²) in [5.41, 5.74) is 0.315. The van der Waals surface area contributed by atoms with Gasteiger partial charge >= 0.3 is 0 Å². The van der Waals surface area contributed by atoms with Gasteiger partial charge in [0.05, 0.1) is 10.6 Å². The lowest BCUT2D eigenvalue weighted by molar-refractivity contribution is -0.134. The highest BCUT2D eigenvalue weighted by molar-refractivity contribution is 7.98. The largest absolute Gasteiger partial charge is 0.339 e. The number of thioether (sulfide) groups is 1. The Balaban J connectivity index is 2.10. The van der Waals surface area contributed by atoms with E-state index in [0.29, 0.717) is 17.7 Å². The predicted octanol–water partition coefficient (Wildman–Crippen LogP) is 0.783. The highest BCUT2D eigenvalue weighted by Gasteiger charge is 2.33. The second-order valence-corrected chi connectivity index (χ2v) is 12.1. The molecule has 1 saturated heterocycles. The highest BCUT2D eigenvalue weighted by atomic mass is 32.2. The molecular formula is C19H29N3O6S3. The number of piperazine rings is 1. The smallest absolute Gasteiger partial charge is 0.243 e. The molecule has 0 aliphatic carbocycles. The van der Waals surface area contributed by atoms with Gasteiger partial charge in [-0.15, -0.1) is 0 Å². The number of ketones is 1. The third-order valence-electron chi connectivity index (χ3n) is 5.04. The Hall–Kier alpha value is -1.47. The molecule has 12 heteroatoms. The van der Waals surface area contributed by atoms with Crippen molar-refractivity contribution in [1.82, 2.24) is 13.9 Å². The molecule has 1 aromatic carbocycles. The van der Waals surface area contributed by atoms with Crippen LogP contribution in [0.2, 0.25) is 0 Å². The van der Waals surface area contributed by atoms with Gasteiger partial charge in [-0.25, -0.2) is 21.6 Å². The standard InChI is InChI=1S/C19H29N3O6S3/c1-4-30(25,26)20-18(8-13-29-3)19(24)21-9-11-22(12-10-21)31(27,28)17-7-5-6-16(14-17)15(2)23/h5-7,14,18,20H,4,8-13H2,1-3H3.